The van der Waals surface area contributed by atoms with Crippen molar-refractivity contribution in [2.45, 2.75) is 19.9 Å². The zero-order valence-corrected chi connectivity index (χ0v) is 13.6. The molecule has 0 aromatic heterocycles. The van der Waals surface area contributed by atoms with Gasteiger partial charge in [0.15, 0.2) is 0 Å². The quantitative estimate of drug-likeness (QED) is 0.705. The van der Waals surface area contributed by atoms with Crippen LogP contribution in [0.5, 0.6) is 5.75 Å². The largest absolute Gasteiger partial charge is 0.492 e. The average molecular weight is 309 g/mol. The molecule has 1 rings (SSSR count). The van der Waals surface area contributed by atoms with Crippen LogP contribution >= 0.6 is 12.2 Å². The highest BCUT2D eigenvalue weighted by molar-refractivity contribution is 7.80. The van der Waals surface area contributed by atoms with Crippen molar-refractivity contribution in [3.8, 4) is 5.75 Å². The van der Waals surface area contributed by atoms with Gasteiger partial charge < -0.3 is 15.8 Å². The second kappa shape index (κ2) is 8.59. The summed E-state index contributed by atoms with van der Waals surface area (Å²) in [6.07, 6.45) is 0. The Kier molecular flexibility index (Phi) is 7.11. The lowest BCUT2D eigenvalue weighted by atomic mass is 10.2. The first kappa shape index (κ1) is 17.4. The summed E-state index contributed by atoms with van der Waals surface area (Å²) in [6.45, 7) is 5.43. The predicted molar refractivity (Wildman–Crippen MR) is 88.6 cm³/mol. The van der Waals surface area contributed by atoms with Crippen molar-refractivity contribution in [3.05, 3.63) is 29.8 Å². The highest BCUT2D eigenvalue weighted by Crippen LogP contribution is 2.11. The van der Waals surface area contributed by atoms with E-state index in [-0.39, 0.29) is 11.9 Å². The van der Waals surface area contributed by atoms with Gasteiger partial charge in [-0.05, 0) is 45.2 Å². The molecule has 0 spiro atoms. The van der Waals surface area contributed by atoms with Crippen molar-refractivity contribution in [2.75, 3.05) is 26.7 Å². The number of carbonyl (C=O) groups is 1. The molecule has 21 heavy (non-hydrogen) atoms. The number of carbonyl (C=O) groups excluding carboxylic acids is 1. The van der Waals surface area contributed by atoms with E-state index in [9.17, 15) is 4.79 Å². The summed E-state index contributed by atoms with van der Waals surface area (Å²) in [5.74, 6) is 0.781. The van der Waals surface area contributed by atoms with Crippen LogP contribution in [-0.2, 0) is 4.79 Å². The Morgan fingerprint density at radius 2 is 2.00 bits per heavy atom. The number of benzene rings is 1. The first-order chi connectivity index (χ1) is 9.88. The maximum absolute atomic E-state index is 11.6. The Hall–Kier alpha value is -1.66. The van der Waals surface area contributed by atoms with Gasteiger partial charge in [-0.2, -0.15) is 0 Å². The number of hydrogen-bond acceptors (Lipinski definition) is 4. The van der Waals surface area contributed by atoms with Gasteiger partial charge in [-0.15, -0.1) is 0 Å². The van der Waals surface area contributed by atoms with Gasteiger partial charge in [0.05, 0.1) is 6.54 Å². The Morgan fingerprint density at radius 3 is 2.52 bits per heavy atom. The van der Waals surface area contributed by atoms with E-state index < -0.39 is 0 Å². The average Bonchev–Trinajstić information content (AvgIpc) is 2.38. The van der Waals surface area contributed by atoms with E-state index in [4.69, 9.17) is 22.7 Å². The van der Waals surface area contributed by atoms with Crippen molar-refractivity contribution in [1.82, 2.24) is 10.2 Å². The van der Waals surface area contributed by atoms with Crippen LogP contribution in [0.25, 0.3) is 0 Å². The van der Waals surface area contributed by atoms with Gasteiger partial charge in [-0.3, -0.25) is 9.69 Å². The fraction of sp³-hybridized carbons (Fsp3) is 0.467. The van der Waals surface area contributed by atoms with Crippen LogP contribution in [0.2, 0.25) is 0 Å². The summed E-state index contributed by atoms with van der Waals surface area (Å²) in [4.78, 5) is 13.9. The van der Waals surface area contributed by atoms with Crippen molar-refractivity contribution in [1.29, 1.82) is 0 Å². The normalized spacial score (nSPS) is 10.7. The fourth-order valence-electron chi connectivity index (χ4n) is 1.73. The third kappa shape index (κ3) is 7.06. The number of nitrogens with two attached hydrogens (primary N) is 1. The number of thiocarbonyl (C=S) groups is 1. The molecule has 0 saturated carbocycles. The topological polar surface area (TPSA) is 67.6 Å². The van der Waals surface area contributed by atoms with Gasteiger partial charge in [-0.1, -0.05) is 12.2 Å². The summed E-state index contributed by atoms with van der Waals surface area (Å²) in [5, 5.41) is 2.85. The molecule has 0 fully saturated rings. The SMILES string of the molecule is CC(C)NC(=O)CN(C)CCOc1ccc(C(N)=S)cc1. The molecule has 1 amide bonds. The molecular weight excluding hydrogens is 286 g/mol. The molecule has 0 saturated heterocycles. The second-order valence-corrected chi connectivity index (χ2v) is 5.64. The standard InChI is InChI=1S/C15H23N3O2S/c1-11(2)17-14(19)10-18(3)8-9-20-13-6-4-12(5-7-13)15(16)21/h4-7,11H,8-10H2,1-3H3,(H2,16,21)(H,17,19). The van der Waals surface area contributed by atoms with E-state index in [0.29, 0.717) is 24.7 Å². The molecule has 0 aliphatic carbocycles. The van der Waals surface area contributed by atoms with E-state index in [1.165, 1.54) is 0 Å². The van der Waals surface area contributed by atoms with Gasteiger partial charge in [-0.25, -0.2) is 0 Å². The van der Waals surface area contributed by atoms with Crippen LogP contribution in [0, 0.1) is 0 Å². The zero-order chi connectivity index (χ0) is 15.8. The van der Waals surface area contributed by atoms with E-state index in [1.807, 2.05) is 50.1 Å². The number of hydrogen-bond donors (Lipinski definition) is 2. The molecule has 1 aromatic rings. The molecule has 116 valence electrons. The highest BCUT2D eigenvalue weighted by Gasteiger charge is 2.07. The fourth-order valence-corrected chi connectivity index (χ4v) is 1.86. The molecule has 0 atom stereocenters. The molecule has 1 aromatic carbocycles. The van der Waals surface area contributed by atoms with E-state index in [2.05, 4.69) is 5.32 Å². The summed E-state index contributed by atoms with van der Waals surface area (Å²) < 4.78 is 5.62. The smallest absolute Gasteiger partial charge is 0.234 e. The molecule has 0 unspecified atom stereocenters. The lowest BCUT2D eigenvalue weighted by Gasteiger charge is -2.17. The summed E-state index contributed by atoms with van der Waals surface area (Å²) >= 11 is 4.89. The van der Waals surface area contributed by atoms with Gasteiger partial charge in [0.2, 0.25) is 5.91 Å². The Balaban J connectivity index is 2.29. The van der Waals surface area contributed by atoms with Crippen molar-refractivity contribution in [3.63, 3.8) is 0 Å². The predicted octanol–water partition coefficient (Wildman–Crippen LogP) is 1.16. The van der Waals surface area contributed by atoms with Crippen LogP contribution in [0.1, 0.15) is 19.4 Å². The molecule has 5 nitrogen and oxygen atoms in total. The van der Waals surface area contributed by atoms with Crippen LogP contribution in [-0.4, -0.2) is 48.6 Å². The van der Waals surface area contributed by atoms with Crippen molar-refractivity contribution < 1.29 is 9.53 Å². The molecule has 0 aliphatic heterocycles. The minimum Gasteiger partial charge on any atom is -0.492 e. The number of ether oxygens (including phenoxy) is 1. The first-order valence-electron chi connectivity index (χ1n) is 6.89. The molecular formula is C15H23N3O2S. The Bertz CT molecular complexity index is 474. The minimum absolute atomic E-state index is 0.0216. The van der Waals surface area contributed by atoms with E-state index in [1.54, 1.807) is 0 Å². The summed E-state index contributed by atoms with van der Waals surface area (Å²) in [5.41, 5.74) is 6.35. The van der Waals surface area contributed by atoms with Crippen LogP contribution in [0.15, 0.2) is 24.3 Å². The summed E-state index contributed by atoms with van der Waals surface area (Å²) in [7, 11) is 1.89. The van der Waals surface area contributed by atoms with Gasteiger partial charge in [0, 0.05) is 18.2 Å². The second-order valence-electron chi connectivity index (χ2n) is 5.20. The maximum Gasteiger partial charge on any atom is 0.234 e. The minimum atomic E-state index is 0.0216. The molecule has 0 bridgehead atoms. The number of rotatable bonds is 8. The Labute approximate surface area is 131 Å². The number of nitrogens with zero attached hydrogens (tertiary/aromatic N) is 1. The number of amides is 1. The van der Waals surface area contributed by atoms with Crippen LogP contribution < -0.4 is 15.8 Å². The van der Waals surface area contributed by atoms with Crippen molar-refractivity contribution in [2.24, 2.45) is 5.73 Å². The van der Waals surface area contributed by atoms with E-state index >= 15 is 0 Å². The maximum atomic E-state index is 11.6. The van der Waals surface area contributed by atoms with Gasteiger partial charge in [0.1, 0.15) is 17.3 Å². The molecule has 0 heterocycles. The van der Waals surface area contributed by atoms with Crippen molar-refractivity contribution >= 4 is 23.1 Å². The molecule has 6 heteroatoms. The third-order valence-corrected chi connectivity index (χ3v) is 2.98. The number of likely N-dealkylation sites (N-methyl/N-ethyl adjacent to an activating group) is 1. The summed E-state index contributed by atoms with van der Waals surface area (Å²) in [6, 6.07) is 7.49. The lowest BCUT2D eigenvalue weighted by Crippen LogP contribution is -2.39. The highest BCUT2D eigenvalue weighted by atomic mass is 32.1. The van der Waals surface area contributed by atoms with Crippen LogP contribution in [0.3, 0.4) is 0 Å². The van der Waals surface area contributed by atoms with Gasteiger partial charge in [0.25, 0.3) is 0 Å². The molecule has 3 N–H and O–H groups in total. The van der Waals surface area contributed by atoms with Crippen LogP contribution in [0.4, 0.5) is 0 Å². The Morgan fingerprint density at radius 1 is 1.38 bits per heavy atom. The first-order valence-corrected chi connectivity index (χ1v) is 7.30. The van der Waals surface area contributed by atoms with Gasteiger partial charge >= 0.3 is 0 Å². The monoisotopic (exact) mass is 309 g/mol. The number of nitrogens with one attached hydrogen (secondary N) is 1. The zero-order valence-electron chi connectivity index (χ0n) is 12.8. The lowest BCUT2D eigenvalue weighted by molar-refractivity contribution is -0.122. The van der Waals surface area contributed by atoms with E-state index in [0.717, 1.165) is 11.3 Å². The molecule has 0 radical (unpaired) electrons. The third-order valence-electron chi connectivity index (χ3n) is 2.74. The molecule has 0 aliphatic rings.